The fourth-order valence-electron chi connectivity index (χ4n) is 1.80. The van der Waals surface area contributed by atoms with Crippen LogP contribution >= 0.6 is 0 Å². The smallest absolute Gasteiger partial charge is 0.408 e. The zero-order chi connectivity index (χ0) is 13.3. The molecule has 0 radical (unpaired) electrons. The highest BCUT2D eigenvalue weighted by Crippen LogP contribution is 2.20. The van der Waals surface area contributed by atoms with Crippen molar-refractivity contribution < 1.29 is 9.21 Å². The van der Waals surface area contributed by atoms with Crippen LogP contribution < -0.4 is 16.6 Å². The molecule has 1 unspecified atom stereocenters. The van der Waals surface area contributed by atoms with Gasteiger partial charge >= 0.3 is 5.76 Å². The van der Waals surface area contributed by atoms with E-state index in [0.29, 0.717) is 11.1 Å². The number of rotatable bonds is 3. The molecular weight excluding hydrogens is 234 g/mol. The van der Waals surface area contributed by atoms with E-state index in [1.54, 1.807) is 39.2 Å². The minimum atomic E-state index is -0.408. The number of nitrogens with one attached hydrogen (secondary N) is 2. The summed E-state index contributed by atoms with van der Waals surface area (Å²) in [4.78, 5) is 23.1. The molecule has 1 aromatic heterocycles. The van der Waals surface area contributed by atoms with E-state index in [1.807, 2.05) is 0 Å². The molecule has 1 amide bonds. The highest BCUT2D eigenvalue weighted by atomic mass is 16.4. The Morgan fingerprint density at radius 3 is 2.83 bits per heavy atom. The fraction of sp³-hybridized carbons (Fsp3) is 0.333. The van der Waals surface area contributed by atoms with E-state index in [4.69, 9.17) is 4.42 Å². The molecule has 1 aromatic carbocycles. The first-order valence-electron chi connectivity index (χ1n) is 5.60. The van der Waals surface area contributed by atoms with E-state index in [9.17, 15) is 9.59 Å². The summed E-state index contributed by atoms with van der Waals surface area (Å²) in [6.45, 7) is 1.80. The first-order chi connectivity index (χ1) is 8.54. The number of aryl methyl sites for hydroxylation is 1. The third-order valence-corrected chi connectivity index (χ3v) is 2.96. The van der Waals surface area contributed by atoms with Crippen LogP contribution in [0.1, 0.15) is 18.4 Å². The molecule has 0 aliphatic carbocycles. The Balaban J connectivity index is 2.43. The molecular formula is C12H15N3O3. The zero-order valence-electron chi connectivity index (χ0n) is 10.5. The molecule has 0 aliphatic heterocycles. The average Bonchev–Trinajstić information content (AvgIpc) is 2.64. The molecule has 18 heavy (non-hydrogen) atoms. The molecule has 6 heteroatoms. The summed E-state index contributed by atoms with van der Waals surface area (Å²) in [5, 5.41) is 0. The first-order valence-corrected chi connectivity index (χ1v) is 5.60. The van der Waals surface area contributed by atoms with Crippen LogP contribution in [0.15, 0.2) is 27.4 Å². The van der Waals surface area contributed by atoms with Crippen molar-refractivity contribution >= 4 is 17.0 Å². The van der Waals surface area contributed by atoms with E-state index in [0.717, 1.165) is 5.56 Å². The zero-order valence-corrected chi connectivity index (χ0v) is 10.5. The van der Waals surface area contributed by atoms with Crippen LogP contribution in [0.2, 0.25) is 0 Å². The van der Waals surface area contributed by atoms with Crippen molar-refractivity contribution in [2.24, 2.45) is 7.05 Å². The number of hydrazine groups is 1. The lowest BCUT2D eigenvalue weighted by atomic mass is 10.0. The topological polar surface area (TPSA) is 76.3 Å². The number of nitrogens with zero attached hydrogens (tertiary/aromatic N) is 1. The lowest BCUT2D eigenvalue weighted by Gasteiger charge is -2.11. The van der Waals surface area contributed by atoms with Crippen molar-refractivity contribution in [3.05, 3.63) is 34.3 Å². The highest BCUT2D eigenvalue weighted by Gasteiger charge is 2.16. The van der Waals surface area contributed by atoms with Crippen LogP contribution in [0.5, 0.6) is 0 Å². The average molecular weight is 249 g/mol. The van der Waals surface area contributed by atoms with E-state index in [2.05, 4.69) is 10.9 Å². The number of carbonyl (C=O) groups is 1. The number of benzene rings is 1. The van der Waals surface area contributed by atoms with Crippen molar-refractivity contribution in [1.29, 1.82) is 0 Å². The summed E-state index contributed by atoms with van der Waals surface area (Å²) >= 11 is 0. The predicted molar refractivity (Wildman–Crippen MR) is 67.1 cm³/mol. The molecule has 0 fully saturated rings. The number of hydrogen-bond donors (Lipinski definition) is 2. The maximum absolute atomic E-state index is 11.7. The second kappa shape index (κ2) is 4.66. The number of fused-ring (bicyclic) bond motifs is 1. The summed E-state index contributed by atoms with van der Waals surface area (Å²) in [5.74, 6) is -0.855. The van der Waals surface area contributed by atoms with Crippen molar-refractivity contribution in [2.75, 3.05) is 7.05 Å². The molecule has 2 N–H and O–H groups in total. The van der Waals surface area contributed by atoms with Gasteiger partial charge in [-0.1, -0.05) is 6.07 Å². The Morgan fingerprint density at radius 1 is 1.44 bits per heavy atom. The van der Waals surface area contributed by atoms with Gasteiger partial charge in [0.2, 0.25) is 5.91 Å². The summed E-state index contributed by atoms with van der Waals surface area (Å²) < 4.78 is 6.45. The minimum Gasteiger partial charge on any atom is -0.408 e. The van der Waals surface area contributed by atoms with Gasteiger partial charge in [0.15, 0.2) is 5.58 Å². The SMILES string of the molecule is CNNC(=O)C(C)c1ccc2oc(=O)n(C)c2c1. The van der Waals surface area contributed by atoms with E-state index < -0.39 is 5.76 Å². The summed E-state index contributed by atoms with van der Waals surface area (Å²) in [6, 6.07) is 5.28. The van der Waals surface area contributed by atoms with Gasteiger partial charge in [0.25, 0.3) is 0 Å². The Kier molecular flexibility index (Phi) is 3.20. The van der Waals surface area contributed by atoms with E-state index >= 15 is 0 Å². The van der Waals surface area contributed by atoms with Gasteiger partial charge in [0, 0.05) is 14.1 Å². The lowest BCUT2D eigenvalue weighted by molar-refractivity contribution is -0.123. The standard InChI is InChI=1S/C12H15N3O3/c1-7(11(16)14-13-2)8-4-5-10-9(6-8)15(3)12(17)18-10/h4-7,13H,1-3H3,(H,14,16). The fourth-order valence-corrected chi connectivity index (χ4v) is 1.80. The van der Waals surface area contributed by atoms with Crippen LogP contribution in [0.25, 0.3) is 11.1 Å². The van der Waals surface area contributed by atoms with Crippen molar-refractivity contribution in [3.63, 3.8) is 0 Å². The first kappa shape index (κ1) is 12.4. The van der Waals surface area contributed by atoms with Gasteiger partial charge < -0.3 is 4.42 Å². The van der Waals surface area contributed by atoms with Gasteiger partial charge in [-0.15, -0.1) is 0 Å². The predicted octanol–water partition coefficient (Wildman–Crippen LogP) is 0.486. The molecule has 0 saturated heterocycles. The third kappa shape index (κ3) is 2.02. The summed E-state index contributed by atoms with van der Waals surface area (Å²) in [7, 11) is 3.27. The minimum absolute atomic E-state index is 0.134. The van der Waals surface area contributed by atoms with Crippen LogP contribution in [0, 0.1) is 0 Å². The molecule has 0 spiro atoms. The quantitative estimate of drug-likeness (QED) is 0.776. The van der Waals surface area contributed by atoms with Gasteiger partial charge in [-0.2, -0.15) is 0 Å². The molecule has 2 rings (SSSR count). The van der Waals surface area contributed by atoms with E-state index in [-0.39, 0.29) is 11.8 Å². The molecule has 0 bridgehead atoms. The second-order valence-corrected chi connectivity index (χ2v) is 4.12. The Hall–Kier alpha value is -2.08. The van der Waals surface area contributed by atoms with Gasteiger partial charge in [0.05, 0.1) is 11.4 Å². The largest absolute Gasteiger partial charge is 0.419 e. The van der Waals surface area contributed by atoms with Crippen LogP contribution in [0.4, 0.5) is 0 Å². The van der Waals surface area contributed by atoms with Gasteiger partial charge in [-0.05, 0) is 24.6 Å². The number of carbonyl (C=O) groups excluding carboxylic acids is 1. The maximum Gasteiger partial charge on any atom is 0.419 e. The highest BCUT2D eigenvalue weighted by molar-refractivity contribution is 5.84. The molecule has 2 aromatic rings. The number of amides is 1. The Morgan fingerprint density at radius 2 is 2.17 bits per heavy atom. The van der Waals surface area contributed by atoms with Gasteiger partial charge in [-0.3, -0.25) is 14.8 Å². The molecule has 1 heterocycles. The van der Waals surface area contributed by atoms with Crippen molar-refractivity contribution in [3.8, 4) is 0 Å². The lowest BCUT2D eigenvalue weighted by Crippen LogP contribution is -2.37. The Bertz CT molecular complexity index is 642. The van der Waals surface area contributed by atoms with Crippen molar-refractivity contribution in [2.45, 2.75) is 12.8 Å². The monoisotopic (exact) mass is 249 g/mol. The molecule has 96 valence electrons. The maximum atomic E-state index is 11.7. The van der Waals surface area contributed by atoms with Crippen LogP contribution in [-0.4, -0.2) is 17.5 Å². The Labute approximate surface area is 104 Å². The third-order valence-electron chi connectivity index (χ3n) is 2.96. The number of oxazole rings is 1. The second-order valence-electron chi connectivity index (χ2n) is 4.12. The molecule has 0 saturated carbocycles. The number of hydrogen-bond acceptors (Lipinski definition) is 4. The molecule has 0 aliphatic rings. The van der Waals surface area contributed by atoms with Crippen LogP contribution in [-0.2, 0) is 11.8 Å². The van der Waals surface area contributed by atoms with Gasteiger partial charge in [-0.25, -0.2) is 10.2 Å². The normalized spacial score (nSPS) is 12.6. The van der Waals surface area contributed by atoms with E-state index in [1.165, 1.54) is 4.57 Å². The summed E-state index contributed by atoms with van der Waals surface area (Å²) in [5.41, 5.74) is 7.16. The molecule has 1 atom stereocenters. The summed E-state index contributed by atoms with van der Waals surface area (Å²) in [6.07, 6.45) is 0. The van der Waals surface area contributed by atoms with Crippen LogP contribution in [0.3, 0.4) is 0 Å². The van der Waals surface area contributed by atoms with Gasteiger partial charge in [0.1, 0.15) is 0 Å². The molecule has 6 nitrogen and oxygen atoms in total. The number of aromatic nitrogens is 1. The van der Waals surface area contributed by atoms with Crippen molar-refractivity contribution in [1.82, 2.24) is 15.4 Å².